The minimum Gasteiger partial charge on any atom is -0.396 e. The molecule has 0 saturated heterocycles. The number of aliphatic hydroxyl groups is 1. The molecule has 4 nitrogen and oxygen atoms in total. The number of benzene rings is 1. The maximum absolute atomic E-state index is 13.6. The summed E-state index contributed by atoms with van der Waals surface area (Å²) in [4.78, 5) is 0. The molecule has 90 valence electrons. The largest absolute Gasteiger partial charge is 0.396 e. The van der Waals surface area contributed by atoms with E-state index >= 15 is 0 Å². The molecule has 0 saturated carbocycles. The van der Waals surface area contributed by atoms with E-state index in [9.17, 15) is 4.39 Å². The van der Waals surface area contributed by atoms with Crippen LogP contribution in [0.5, 0.6) is 0 Å². The number of aliphatic hydroxyl groups excluding tert-OH is 1. The summed E-state index contributed by atoms with van der Waals surface area (Å²) in [5, 5.41) is 16.8. The average molecular weight is 256 g/mol. The van der Waals surface area contributed by atoms with Gasteiger partial charge in [-0.15, -0.1) is 5.10 Å². The van der Waals surface area contributed by atoms with E-state index in [2.05, 4.69) is 10.3 Å². The van der Waals surface area contributed by atoms with E-state index in [1.54, 1.807) is 18.3 Å². The summed E-state index contributed by atoms with van der Waals surface area (Å²) in [6.45, 7) is 0.0994. The molecule has 6 heteroatoms. The molecule has 1 heterocycles. The Bertz CT molecular complexity index is 515. The fourth-order valence-electron chi connectivity index (χ4n) is 1.46. The number of rotatable bonds is 4. The summed E-state index contributed by atoms with van der Waals surface area (Å²) >= 11 is 5.67. The van der Waals surface area contributed by atoms with Gasteiger partial charge in [-0.3, -0.25) is 0 Å². The molecule has 0 radical (unpaired) electrons. The summed E-state index contributed by atoms with van der Waals surface area (Å²) in [6.07, 6.45) is 2.87. The number of aromatic nitrogens is 3. The molecule has 1 aromatic heterocycles. The third-order valence-corrected chi connectivity index (χ3v) is 2.52. The van der Waals surface area contributed by atoms with Crippen molar-refractivity contribution in [2.45, 2.75) is 12.8 Å². The maximum atomic E-state index is 13.6. The van der Waals surface area contributed by atoms with Crippen molar-refractivity contribution >= 4 is 11.6 Å². The Morgan fingerprint density at radius 1 is 1.41 bits per heavy atom. The third kappa shape index (κ3) is 2.81. The van der Waals surface area contributed by atoms with Crippen LogP contribution in [0.2, 0.25) is 5.02 Å². The van der Waals surface area contributed by atoms with Crippen LogP contribution in [-0.4, -0.2) is 26.7 Å². The Labute approximate surface area is 103 Å². The minimum absolute atomic E-state index is 0.0994. The SMILES string of the molecule is OCCCc1cn(-c2ccc(Cl)cc2F)nn1. The van der Waals surface area contributed by atoms with Gasteiger partial charge in [-0.05, 0) is 31.0 Å². The lowest BCUT2D eigenvalue weighted by molar-refractivity contribution is 0.288. The molecule has 0 amide bonds. The second-order valence-corrected chi connectivity index (χ2v) is 4.01. The van der Waals surface area contributed by atoms with Gasteiger partial charge < -0.3 is 5.11 Å². The van der Waals surface area contributed by atoms with Gasteiger partial charge in [0.15, 0.2) is 0 Å². The van der Waals surface area contributed by atoms with Crippen molar-refractivity contribution in [3.63, 3.8) is 0 Å². The minimum atomic E-state index is -0.448. The molecular weight excluding hydrogens is 245 g/mol. The fraction of sp³-hybridized carbons (Fsp3) is 0.273. The van der Waals surface area contributed by atoms with Gasteiger partial charge in [0.25, 0.3) is 0 Å². The highest BCUT2D eigenvalue weighted by Gasteiger charge is 2.08. The van der Waals surface area contributed by atoms with Gasteiger partial charge in [-0.2, -0.15) is 0 Å². The highest BCUT2D eigenvalue weighted by atomic mass is 35.5. The molecule has 0 aliphatic heterocycles. The van der Waals surface area contributed by atoms with Crippen molar-refractivity contribution in [2.75, 3.05) is 6.61 Å². The zero-order valence-electron chi connectivity index (χ0n) is 8.98. The number of hydrogen-bond donors (Lipinski definition) is 1. The number of hydrogen-bond acceptors (Lipinski definition) is 3. The van der Waals surface area contributed by atoms with Crippen LogP contribution in [0.25, 0.3) is 5.69 Å². The van der Waals surface area contributed by atoms with Crippen LogP contribution in [0, 0.1) is 5.82 Å². The summed E-state index contributed by atoms with van der Waals surface area (Å²) in [7, 11) is 0. The molecule has 0 aliphatic carbocycles. The molecule has 1 N–H and O–H groups in total. The topological polar surface area (TPSA) is 50.9 Å². The quantitative estimate of drug-likeness (QED) is 0.909. The first-order valence-electron chi connectivity index (χ1n) is 5.18. The fourth-order valence-corrected chi connectivity index (χ4v) is 1.62. The van der Waals surface area contributed by atoms with Crippen molar-refractivity contribution in [3.05, 3.63) is 40.9 Å². The molecule has 0 unspecified atom stereocenters. The van der Waals surface area contributed by atoms with Crippen LogP contribution >= 0.6 is 11.6 Å². The highest BCUT2D eigenvalue weighted by molar-refractivity contribution is 6.30. The zero-order chi connectivity index (χ0) is 12.3. The van der Waals surface area contributed by atoms with Crippen molar-refractivity contribution in [2.24, 2.45) is 0 Å². The van der Waals surface area contributed by atoms with E-state index in [-0.39, 0.29) is 6.61 Å². The van der Waals surface area contributed by atoms with Gasteiger partial charge in [0.1, 0.15) is 11.5 Å². The lowest BCUT2D eigenvalue weighted by atomic mass is 10.2. The summed E-state index contributed by atoms with van der Waals surface area (Å²) in [6, 6.07) is 4.36. The lowest BCUT2D eigenvalue weighted by Gasteiger charge is -2.01. The number of nitrogens with zero attached hydrogens (tertiary/aromatic N) is 3. The van der Waals surface area contributed by atoms with Gasteiger partial charge in [0, 0.05) is 11.6 Å². The monoisotopic (exact) mass is 255 g/mol. The molecular formula is C11H11ClFN3O. The first-order valence-corrected chi connectivity index (χ1v) is 5.56. The molecule has 0 fully saturated rings. The average Bonchev–Trinajstić information content (AvgIpc) is 2.75. The highest BCUT2D eigenvalue weighted by Crippen LogP contribution is 2.17. The Hall–Kier alpha value is -1.46. The molecule has 2 rings (SSSR count). The van der Waals surface area contributed by atoms with Crippen molar-refractivity contribution < 1.29 is 9.50 Å². The van der Waals surface area contributed by atoms with Crippen molar-refractivity contribution in [1.29, 1.82) is 0 Å². The van der Waals surface area contributed by atoms with Crippen molar-refractivity contribution in [1.82, 2.24) is 15.0 Å². The van der Waals surface area contributed by atoms with Crippen LogP contribution in [-0.2, 0) is 6.42 Å². The molecule has 2 aromatic rings. The van der Waals surface area contributed by atoms with Gasteiger partial charge in [0.05, 0.1) is 11.9 Å². The lowest BCUT2D eigenvalue weighted by Crippen LogP contribution is -1.98. The summed E-state index contributed by atoms with van der Waals surface area (Å²) < 4.78 is 14.9. The Balaban J connectivity index is 2.24. The van der Waals surface area contributed by atoms with Gasteiger partial charge in [-0.1, -0.05) is 16.8 Å². The molecule has 0 bridgehead atoms. The van der Waals surface area contributed by atoms with E-state index < -0.39 is 5.82 Å². The molecule has 0 spiro atoms. The Kier molecular flexibility index (Phi) is 3.71. The smallest absolute Gasteiger partial charge is 0.150 e. The summed E-state index contributed by atoms with van der Waals surface area (Å²) in [5.74, 6) is -0.448. The zero-order valence-corrected chi connectivity index (χ0v) is 9.73. The van der Waals surface area contributed by atoms with E-state index in [0.717, 1.165) is 0 Å². The van der Waals surface area contributed by atoms with Gasteiger partial charge in [-0.25, -0.2) is 9.07 Å². The van der Waals surface area contributed by atoms with E-state index in [4.69, 9.17) is 16.7 Å². The standard InChI is InChI=1S/C11H11ClFN3O/c12-8-3-4-11(10(13)6-8)16-7-9(14-15-16)2-1-5-17/h3-4,6-7,17H,1-2,5H2. The van der Waals surface area contributed by atoms with E-state index in [1.165, 1.54) is 10.7 Å². The third-order valence-electron chi connectivity index (χ3n) is 2.29. The van der Waals surface area contributed by atoms with Crippen LogP contribution in [0.15, 0.2) is 24.4 Å². The van der Waals surface area contributed by atoms with Crippen LogP contribution in [0.3, 0.4) is 0 Å². The Morgan fingerprint density at radius 2 is 2.24 bits per heavy atom. The van der Waals surface area contributed by atoms with E-state index in [1.807, 2.05) is 0 Å². The second kappa shape index (κ2) is 5.25. The van der Waals surface area contributed by atoms with Crippen LogP contribution < -0.4 is 0 Å². The van der Waals surface area contributed by atoms with Crippen LogP contribution in [0.1, 0.15) is 12.1 Å². The van der Waals surface area contributed by atoms with Crippen molar-refractivity contribution in [3.8, 4) is 5.69 Å². The van der Waals surface area contributed by atoms with E-state index in [0.29, 0.717) is 29.2 Å². The number of halogens is 2. The molecule has 0 aliphatic rings. The molecule has 17 heavy (non-hydrogen) atoms. The first-order chi connectivity index (χ1) is 8.20. The first kappa shape index (κ1) is 12.0. The van der Waals surface area contributed by atoms with Crippen LogP contribution in [0.4, 0.5) is 4.39 Å². The molecule has 0 atom stereocenters. The molecule has 1 aromatic carbocycles. The second-order valence-electron chi connectivity index (χ2n) is 3.58. The van der Waals surface area contributed by atoms with Gasteiger partial charge >= 0.3 is 0 Å². The van der Waals surface area contributed by atoms with Gasteiger partial charge in [0.2, 0.25) is 0 Å². The normalized spacial score (nSPS) is 10.8. The maximum Gasteiger partial charge on any atom is 0.150 e. The predicted octanol–water partition coefficient (Wildman–Crippen LogP) is 1.98. The number of aryl methyl sites for hydroxylation is 1. The Morgan fingerprint density at radius 3 is 2.94 bits per heavy atom. The predicted molar refractivity (Wildman–Crippen MR) is 61.7 cm³/mol. The summed E-state index contributed by atoms with van der Waals surface area (Å²) in [5.41, 5.74) is 1.02.